The van der Waals surface area contributed by atoms with Crippen molar-refractivity contribution in [2.24, 2.45) is 5.73 Å². The molecule has 2 rings (SSSR count). The van der Waals surface area contributed by atoms with Gasteiger partial charge in [-0.3, -0.25) is 4.79 Å². The summed E-state index contributed by atoms with van der Waals surface area (Å²) in [5, 5.41) is 1.29. The average Bonchev–Trinajstić information content (AvgIpc) is 2.29. The van der Waals surface area contributed by atoms with E-state index >= 15 is 0 Å². The molecule has 2 aromatic rings. The van der Waals surface area contributed by atoms with Crippen molar-refractivity contribution < 1.29 is 0 Å². The summed E-state index contributed by atoms with van der Waals surface area (Å²) >= 11 is 1.30. The van der Waals surface area contributed by atoms with E-state index in [0.717, 1.165) is 10.6 Å². The van der Waals surface area contributed by atoms with Crippen molar-refractivity contribution in [3.05, 3.63) is 46.5 Å². The molecule has 0 aliphatic rings. The first-order chi connectivity index (χ1) is 8.15. The fourth-order valence-corrected chi connectivity index (χ4v) is 1.93. The molecule has 6 heteroatoms. The monoisotopic (exact) mass is 248 g/mol. The summed E-state index contributed by atoms with van der Waals surface area (Å²) in [6.07, 6.45) is 3.20. The van der Waals surface area contributed by atoms with Crippen molar-refractivity contribution in [1.82, 2.24) is 15.0 Å². The van der Waals surface area contributed by atoms with Gasteiger partial charge in [0.05, 0.1) is 0 Å². The highest BCUT2D eigenvalue weighted by atomic mass is 32.2. The molecule has 0 aromatic carbocycles. The van der Waals surface area contributed by atoms with Crippen LogP contribution in [0.25, 0.3) is 0 Å². The lowest BCUT2D eigenvalue weighted by Crippen LogP contribution is -2.06. The first kappa shape index (κ1) is 11.8. The maximum absolute atomic E-state index is 11.1. The zero-order valence-corrected chi connectivity index (χ0v) is 10.1. The number of nitrogens with zero attached hydrogens (tertiary/aromatic N) is 2. The quantitative estimate of drug-likeness (QED) is 0.801. The lowest BCUT2D eigenvalue weighted by atomic mass is 10.2. The van der Waals surface area contributed by atoms with Crippen LogP contribution in [0.5, 0.6) is 0 Å². The lowest BCUT2D eigenvalue weighted by molar-refractivity contribution is 0.806. The summed E-state index contributed by atoms with van der Waals surface area (Å²) in [5.74, 6) is 0. The Labute approximate surface area is 103 Å². The Kier molecular flexibility index (Phi) is 3.55. The Morgan fingerprint density at radius 1 is 1.35 bits per heavy atom. The molecule has 88 valence electrons. The fraction of sp³-hybridized carbons (Fsp3) is 0.182. The molecule has 0 unspecified atom stereocenters. The lowest BCUT2D eigenvalue weighted by Gasteiger charge is -2.05. The minimum Gasteiger partial charge on any atom is -0.324 e. The molecule has 0 aliphatic carbocycles. The molecule has 1 atom stereocenters. The van der Waals surface area contributed by atoms with E-state index in [2.05, 4.69) is 15.0 Å². The first-order valence-corrected chi connectivity index (χ1v) is 5.91. The highest BCUT2D eigenvalue weighted by molar-refractivity contribution is 7.99. The van der Waals surface area contributed by atoms with Gasteiger partial charge in [-0.25, -0.2) is 9.97 Å². The Bertz CT molecular complexity index is 550. The number of aromatic amines is 1. The predicted molar refractivity (Wildman–Crippen MR) is 65.8 cm³/mol. The van der Waals surface area contributed by atoms with Gasteiger partial charge in [0.2, 0.25) is 0 Å². The third-order valence-corrected chi connectivity index (χ3v) is 2.99. The van der Waals surface area contributed by atoms with Gasteiger partial charge in [0.25, 0.3) is 5.56 Å². The number of hydrogen-bond donors (Lipinski definition) is 2. The van der Waals surface area contributed by atoms with Gasteiger partial charge in [0.15, 0.2) is 5.16 Å². The highest BCUT2D eigenvalue weighted by Gasteiger charge is 2.03. The van der Waals surface area contributed by atoms with E-state index in [1.54, 1.807) is 6.20 Å². The summed E-state index contributed by atoms with van der Waals surface area (Å²) in [7, 11) is 0. The Morgan fingerprint density at radius 3 is 2.76 bits per heavy atom. The molecular formula is C11H12N4OS. The zero-order chi connectivity index (χ0) is 12.3. The van der Waals surface area contributed by atoms with Crippen LogP contribution in [0.15, 0.2) is 45.6 Å². The number of nitrogens with two attached hydrogens (primary N) is 1. The van der Waals surface area contributed by atoms with E-state index in [9.17, 15) is 4.79 Å². The van der Waals surface area contributed by atoms with Crippen LogP contribution in [0.4, 0.5) is 0 Å². The van der Waals surface area contributed by atoms with Gasteiger partial charge in [-0.2, -0.15) is 0 Å². The largest absolute Gasteiger partial charge is 0.324 e. The molecule has 0 radical (unpaired) electrons. The second kappa shape index (κ2) is 5.11. The summed E-state index contributed by atoms with van der Waals surface area (Å²) in [6, 6.07) is 5.12. The van der Waals surface area contributed by atoms with Crippen molar-refractivity contribution in [3.63, 3.8) is 0 Å². The van der Waals surface area contributed by atoms with E-state index in [-0.39, 0.29) is 11.6 Å². The normalized spacial score (nSPS) is 12.4. The Morgan fingerprint density at radius 2 is 2.18 bits per heavy atom. The molecule has 0 aliphatic heterocycles. The molecule has 2 aromatic heterocycles. The van der Waals surface area contributed by atoms with E-state index in [1.807, 2.05) is 19.1 Å². The summed E-state index contributed by atoms with van der Waals surface area (Å²) in [6.45, 7) is 1.90. The molecule has 0 spiro atoms. The van der Waals surface area contributed by atoms with Crippen molar-refractivity contribution >= 4 is 11.8 Å². The molecule has 0 amide bonds. The van der Waals surface area contributed by atoms with Crippen molar-refractivity contribution in [3.8, 4) is 0 Å². The third-order valence-electron chi connectivity index (χ3n) is 2.13. The molecule has 0 saturated carbocycles. The van der Waals surface area contributed by atoms with Crippen molar-refractivity contribution in [2.75, 3.05) is 0 Å². The number of aromatic nitrogens is 3. The fourth-order valence-electron chi connectivity index (χ4n) is 1.22. The Balaban J connectivity index is 2.16. The molecule has 17 heavy (non-hydrogen) atoms. The highest BCUT2D eigenvalue weighted by Crippen LogP contribution is 2.21. The minimum absolute atomic E-state index is 0.0313. The van der Waals surface area contributed by atoms with Gasteiger partial charge < -0.3 is 10.7 Å². The van der Waals surface area contributed by atoms with Crippen LogP contribution in [0.1, 0.15) is 18.5 Å². The van der Waals surface area contributed by atoms with Crippen LogP contribution >= 0.6 is 11.8 Å². The van der Waals surface area contributed by atoms with Gasteiger partial charge in [0.1, 0.15) is 5.03 Å². The van der Waals surface area contributed by atoms with Crippen molar-refractivity contribution in [2.45, 2.75) is 23.1 Å². The summed E-state index contributed by atoms with van der Waals surface area (Å²) < 4.78 is 0. The topological polar surface area (TPSA) is 84.7 Å². The standard InChI is InChI=1S/C11H12N4OS/c1-7(12)8-2-3-10(14-6-8)17-11-13-5-4-9(16)15-11/h2-7H,12H2,1H3,(H,13,15,16)/t7-/m0/s1. The maximum atomic E-state index is 11.1. The molecule has 2 heterocycles. The SMILES string of the molecule is C[C@H](N)c1ccc(Sc2nccc(=O)[nH]2)nc1. The molecule has 0 saturated heterocycles. The molecule has 3 N–H and O–H groups in total. The van der Waals surface area contributed by atoms with Gasteiger partial charge in [-0.1, -0.05) is 6.07 Å². The molecule has 0 bridgehead atoms. The van der Waals surface area contributed by atoms with Crippen molar-refractivity contribution in [1.29, 1.82) is 0 Å². The van der Waals surface area contributed by atoms with E-state index < -0.39 is 0 Å². The average molecular weight is 248 g/mol. The van der Waals surface area contributed by atoms with Crippen LogP contribution in [0.2, 0.25) is 0 Å². The second-order valence-corrected chi connectivity index (χ2v) is 4.57. The van der Waals surface area contributed by atoms with Gasteiger partial charge in [-0.05, 0) is 30.3 Å². The predicted octanol–water partition coefficient (Wildman–Crippen LogP) is 1.34. The van der Waals surface area contributed by atoms with E-state index in [1.165, 1.54) is 24.0 Å². The first-order valence-electron chi connectivity index (χ1n) is 5.10. The smallest absolute Gasteiger partial charge is 0.251 e. The van der Waals surface area contributed by atoms with Crippen LogP contribution in [0.3, 0.4) is 0 Å². The van der Waals surface area contributed by atoms with E-state index in [4.69, 9.17) is 5.73 Å². The molecular weight excluding hydrogens is 236 g/mol. The number of rotatable bonds is 3. The minimum atomic E-state index is -0.172. The Hall–Kier alpha value is -1.66. The van der Waals surface area contributed by atoms with Crippen LogP contribution in [-0.2, 0) is 0 Å². The number of pyridine rings is 1. The third kappa shape index (κ3) is 3.15. The molecule has 0 fully saturated rings. The zero-order valence-electron chi connectivity index (χ0n) is 9.25. The number of nitrogens with one attached hydrogen (secondary N) is 1. The van der Waals surface area contributed by atoms with E-state index in [0.29, 0.717) is 5.16 Å². The van der Waals surface area contributed by atoms with Gasteiger partial charge >= 0.3 is 0 Å². The van der Waals surface area contributed by atoms with Gasteiger partial charge in [-0.15, -0.1) is 0 Å². The van der Waals surface area contributed by atoms with Crippen LogP contribution in [0, 0.1) is 0 Å². The van der Waals surface area contributed by atoms with Crippen LogP contribution in [-0.4, -0.2) is 15.0 Å². The summed E-state index contributed by atoms with van der Waals surface area (Å²) in [5.41, 5.74) is 6.53. The maximum Gasteiger partial charge on any atom is 0.251 e. The summed E-state index contributed by atoms with van der Waals surface area (Å²) in [4.78, 5) is 22.0. The van der Waals surface area contributed by atoms with Gasteiger partial charge in [0, 0.05) is 24.5 Å². The second-order valence-electron chi connectivity index (χ2n) is 3.56. The van der Waals surface area contributed by atoms with Crippen LogP contribution < -0.4 is 11.3 Å². The number of H-pyrrole nitrogens is 1. The number of hydrogen-bond acceptors (Lipinski definition) is 5. The molecule has 5 nitrogen and oxygen atoms in total.